The average Bonchev–Trinajstić information content (AvgIpc) is 2.61. The lowest BCUT2D eigenvalue weighted by Gasteiger charge is -2.12. The van der Waals surface area contributed by atoms with Crippen LogP contribution in [0, 0.1) is 12.7 Å². The fourth-order valence-corrected chi connectivity index (χ4v) is 2.39. The summed E-state index contributed by atoms with van der Waals surface area (Å²) in [4.78, 5) is 12.2. The van der Waals surface area contributed by atoms with Crippen LogP contribution in [0.1, 0.15) is 5.56 Å². The van der Waals surface area contributed by atoms with Gasteiger partial charge in [0.15, 0.2) is 0 Å². The summed E-state index contributed by atoms with van der Waals surface area (Å²) in [5, 5.41) is 8.94. The molecule has 2 heterocycles. The highest BCUT2D eigenvalue weighted by Crippen LogP contribution is 2.32. The number of aryl methyl sites for hydroxylation is 1. The van der Waals surface area contributed by atoms with Crippen LogP contribution < -0.4 is 10.5 Å². The first-order chi connectivity index (χ1) is 12.1. The number of aliphatic hydroxyl groups is 1. The number of anilines is 1. The molecule has 7 heteroatoms. The summed E-state index contributed by atoms with van der Waals surface area (Å²) in [5.41, 5.74) is 8.43. The van der Waals surface area contributed by atoms with E-state index >= 15 is 0 Å². The zero-order valence-corrected chi connectivity index (χ0v) is 13.6. The summed E-state index contributed by atoms with van der Waals surface area (Å²) in [5.74, 6) is 0.183. The van der Waals surface area contributed by atoms with Crippen molar-refractivity contribution in [3.8, 4) is 28.3 Å². The van der Waals surface area contributed by atoms with Gasteiger partial charge in [-0.25, -0.2) is 14.4 Å². The molecule has 1 aromatic carbocycles. The van der Waals surface area contributed by atoms with Crippen molar-refractivity contribution in [2.45, 2.75) is 6.92 Å². The molecular weight excluding hydrogens is 323 g/mol. The molecule has 0 aliphatic heterocycles. The first-order valence-electron chi connectivity index (χ1n) is 7.66. The van der Waals surface area contributed by atoms with Crippen LogP contribution in [0.4, 0.5) is 10.2 Å². The van der Waals surface area contributed by atoms with E-state index in [0.29, 0.717) is 28.3 Å². The summed E-state index contributed by atoms with van der Waals surface area (Å²) >= 11 is 0. The zero-order chi connectivity index (χ0) is 17.8. The Labute approximate surface area is 144 Å². The van der Waals surface area contributed by atoms with E-state index in [9.17, 15) is 4.39 Å². The van der Waals surface area contributed by atoms with E-state index in [1.165, 1.54) is 18.5 Å². The van der Waals surface area contributed by atoms with Crippen molar-refractivity contribution in [2.24, 2.45) is 0 Å². The Morgan fingerprint density at radius 1 is 1.08 bits per heavy atom. The maximum Gasteiger partial charge on any atom is 0.221 e. The molecule has 0 bridgehead atoms. The van der Waals surface area contributed by atoms with Crippen molar-refractivity contribution in [3.05, 3.63) is 54.2 Å². The Morgan fingerprint density at radius 2 is 1.92 bits per heavy atom. The second kappa shape index (κ2) is 7.23. The normalized spacial score (nSPS) is 10.7. The molecule has 0 aliphatic carbocycles. The van der Waals surface area contributed by atoms with Crippen molar-refractivity contribution in [3.63, 3.8) is 0 Å². The zero-order valence-electron chi connectivity index (χ0n) is 13.6. The van der Waals surface area contributed by atoms with Gasteiger partial charge in [0.2, 0.25) is 5.88 Å². The second-order valence-electron chi connectivity index (χ2n) is 5.46. The van der Waals surface area contributed by atoms with Gasteiger partial charge in [0, 0.05) is 17.3 Å². The summed E-state index contributed by atoms with van der Waals surface area (Å²) in [6, 6.07) is 6.65. The molecule has 0 saturated heterocycles. The minimum Gasteiger partial charge on any atom is -0.475 e. The SMILES string of the molecule is Cc1cnc(OCCO)c(-c2ccc(-c3cnc(N)cn3)c(F)c2)c1. The number of aromatic nitrogens is 3. The highest BCUT2D eigenvalue weighted by Gasteiger charge is 2.13. The number of rotatable bonds is 5. The van der Waals surface area contributed by atoms with Gasteiger partial charge in [-0.1, -0.05) is 6.07 Å². The maximum absolute atomic E-state index is 14.6. The van der Waals surface area contributed by atoms with Crippen LogP contribution in [0.3, 0.4) is 0 Å². The van der Waals surface area contributed by atoms with Gasteiger partial charge >= 0.3 is 0 Å². The molecule has 25 heavy (non-hydrogen) atoms. The average molecular weight is 340 g/mol. The fraction of sp³-hybridized carbons (Fsp3) is 0.167. The van der Waals surface area contributed by atoms with Gasteiger partial charge in [0.25, 0.3) is 0 Å². The topological polar surface area (TPSA) is 94.2 Å². The van der Waals surface area contributed by atoms with E-state index in [-0.39, 0.29) is 19.0 Å². The molecule has 0 radical (unpaired) electrons. The Bertz CT molecular complexity index is 885. The lowest BCUT2D eigenvalue weighted by atomic mass is 10.0. The first kappa shape index (κ1) is 16.8. The summed E-state index contributed by atoms with van der Waals surface area (Å²) < 4.78 is 20.0. The maximum atomic E-state index is 14.6. The van der Waals surface area contributed by atoms with E-state index in [2.05, 4.69) is 15.0 Å². The van der Waals surface area contributed by atoms with Crippen LogP contribution in [0.15, 0.2) is 42.9 Å². The molecule has 0 atom stereocenters. The molecule has 0 aliphatic rings. The predicted octanol–water partition coefficient (Wildman–Crippen LogP) is 2.61. The summed E-state index contributed by atoms with van der Waals surface area (Å²) in [6.45, 7) is 1.88. The van der Waals surface area contributed by atoms with Crippen molar-refractivity contribution in [1.82, 2.24) is 15.0 Å². The number of nitrogens with two attached hydrogens (primary N) is 1. The van der Waals surface area contributed by atoms with Gasteiger partial charge in [0.1, 0.15) is 18.2 Å². The predicted molar refractivity (Wildman–Crippen MR) is 92.4 cm³/mol. The van der Waals surface area contributed by atoms with E-state index in [1.54, 1.807) is 18.3 Å². The Kier molecular flexibility index (Phi) is 4.85. The highest BCUT2D eigenvalue weighted by atomic mass is 19.1. The number of aliphatic hydroxyl groups excluding tert-OH is 1. The van der Waals surface area contributed by atoms with Gasteiger partial charge in [-0.05, 0) is 36.2 Å². The monoisotopic (exact) mass is 340 g/mol. The number of hydrogen-bond donors (Lipinski definition) is 2. The smallest absolute Gasteiger partial charge is 0.221 e. The highest BCUT2D eigenvalue weighted by molar-refractivity contribution is 5.72. The standard InChI is InChI=1S/C18H17FN4O2/c1-11-6-14(18(23-8-11)25-5-4-24)12-2-3-13(15(19)7-12)16-9-22-17(20)10-21-16/h2-3,6-10,24H,4-5H2,1H3,(H2,20,22). The van der Waals surface area contributed by atoms with Crippen molar-refractivity contribution in [1.29, 1.82) is 0 Å². The van der Waals surface area contributed by atoms with E-state index in [1.807, 2.05) is 13.0 Å². The summed E-state index contributed by atoms with van der Waals surface area (Å²) in [6.07, 6.45) is 4.47. The molecule has 128 valence electrons. The number of benzene rings is 1. The third-order valence-electron chi connectivity index (χ3n) is 3.55. The molecule has 0 saturated carbocycles. The molecule has 3 N–H and O–H groups in total. The molecule has 6 nitrogen and oxygen atoms in total. The fourth-order valence-electron chi connectivity index (χ4n) is 2.39. The van der Waals surface area contributed by atoms with E-state index in [0.717, 1.165) is 5.56 Å². The second-order valence-corrected chi connectivity index (χ2v) is 5.46. The van der Waals surface area contributed by atoms with Crippen LogP contribution >= 0.6 is 0 Å². The minimum atomic E-state index is -0.439. The quantitative estimate of drug-likeness (QED) is 0.741. The lowest BCUT2D eigenvalue weighted by Crippen LogP contribution is -2.04. The van der Waals surface area contributed by atoms with Crippen LogP contribution in [-0.4, -0.2) is 33.3 Å². The van der Waals surface area contributed by atoms with Crippen LogP contribution in [0.2, 0.25) is 0 Å². The Hall–Kier alpha value is -3.06. The molecule has 0 amide bonds. The molecule has 3 rings (SSSR count). The molecule has 0 spiro atoms. The van der Waals surface area contributed by atoms with Crippen LogP contribution in [-0.2, 0) is 0 Å². The van der Waals surface area contributed by atoms with Gasteiger partial charge in [0.05, 0.1) is 24.7 Å². The third kappa shape index (κ3) is 3.72. The van der Waals surface area contributed by atoms with Crippen LogP contribution in [0.5, 0.6) is 5.88 Å². The van der Waals surface area contributed by atoms with E-state index < -0.39 is 5.82 Å². The summed E-state index contributed by atoms with van der Waals surface area (Å²) in [7, 11) is 0. The first-order valence-corrected chi connectivity index (χ1v) is 7.66. The van der Waals surface area contributed by atoms with Crippen molar-refractivity contribution >= 4 is 5.82 Å². The van der Waals surface area contributed by atoms with Gasteiger partial charge in [-0.15, -0.1) is 0 Å². The largest absolute Gasteiger partial charge is 0.475 e. The third-order valence-corrected chi connectivity index (χ3v) is 3.55. The molecular formula is C18H17FN4O2. The Balaban J connectivity index is 2.00. The van der Waals surface area contributed by atoms with Gasteiger partial charge in [-0.3, -0.25) is 4.98 Å². The number of pyridine rings is 1. The molecule has 2 aromatic heterocycles. The van der Waals surface area contributed by atoms with Gasteiger partial charge in [-0.2, -0.15) is 0 Å². The number of nitrogens with zero attached hydrogens (tertiary/aromatic N) is 3. The van der Waals surface area contributed by atoms with Crippen LogP contribution in [0.25, 0.3) is 22.4 Å². The van der Waals surface area contributed by atoms with Crippen molar-refractivity contribution < 1.29 is 14.2 Å². The number of nitrogen functional groups attached to an aromatic ring is 1. The van der Waals surface area contributed by atoms with Gasteiger partial charge < -0.3 is 15.6 Å². The van der Waals surface area contributed by atoms with Crippen molar-refractivity contribution in [2.75, 3.05) is 18.9 Å². The van der Waals surface area contributed by atoms with E-state index in [4.69, 9.17) is 15.6 Å². The number of halogens is 1. The Morgan fingerprint density at radius 3 is 2.60 bits per heavy atom. The number of hydrogen-bond acceptors (Lipinski definition) is 6. The minimum absolute atomic E-state index is 0.116. The number of ether oxygens (including phenoxy) is 1. The lowest BCUT2D eigenvalue weighted by molar-refractivity contribution is 0.197. The molecule has 3 aromatic rings. The molecule has 0 unspecified atom stereocenters. The molecule has 0 fully saturated rings.